The molecule has 0 amide bonds. The number of unbranched alkanes of at least 4 members (excludes halogenated alkanes) is 1. The highest BCUT2D eigenvalue weighted by Gasteiger charge is 2.59. The van der Waals surface area contributed by atoms with Gasteiger partial charge in [-0.2, -0.15) is 26.3 Å². The summed E-state index contributed by atoms with van der Waals surface area (Å²) in [7, 11) is 0. The molecular formula is C8H13F6N. The molecule has 7 heteroatoms. The molecular weight excluding hydrogens is 224 g/mol. The highest BCUT2D eigenvalue weighted by molar-refractivity contribution is 4.84. The van der Waals surface area contributed by atoms with E-state index in [2.05, 4.69) is 0 Å². The maximum absolute atomic E-state index is 12.1. The molecule has 1 unspecified atom stereocenters. The minimum atomic E-state index is -5.33. The molecule has 0 rings (SSSR count). The fraction of sp³-hybridized carbons (Fsp3) is 1.00. The lowest BCUT2D eigenvalue weighted by Crippen LogP contribution is -2.48. The van der Waals surface area contributed by atoms with E-state index in [1.165, 1.54) is 0 Å². The maximum Gasteiger partial charge on any atom is 0.401 e. The van der Waals surface area contributed by atoms with Crippen LogP contribution in [0.25, 0.3) is 0 Å². The normalized spacial score (nSPS) is 15.8. The zero-order valence-electron chi connectivity index (χ0n) is 8.12. The lowest BCUT2D eigenvalue weighted by atomic mass is 9.94. The van der Waals surface area contributed by atoms with E-state index < -0.39 is 24.3 Å². The standard InChI is InChI=1S/C8H13F6N/c1-2-3-4-5(15)6(7(9,10)11)8(12,13)14/h5-6H,2-4,15H2,1H3. The summed E-state index contributed by atoms with van der Waals surface area (Å²) in [5, 5.41) is 0. The van der Waals surface area contributed by atoms with Crippen LogP contribution in [0.2, 0.25) is 0 Å². The summed E-state index contributed by atoms with van der Waals surface area (Å²) in [4.78, 5) is 0. The second-order valence-electron chi connectivity index (χ2n) is 3.37. The summed E-state index contributed by atoms with van der Waals surface area (Å²) in [6.07, 6.45) is -10.2. The smallest absolute Gasteiger partial charge is 0.327 e. The Kier molecular flexibility index (Phi) is 4.89. The molecule has 92 valence electrons. The predicted octanol–water partition coefficient (Wildman–Crippen LogP) is 3.24. The number of nitrogens with two attached hydrogens (primary N) is 1. The van der Waals surface area contributed by atoms with Crippen molar-refractivity contribution in [2.24, 2.45) is 11.7 Å². The van der Waals surface area contributed by atoms with Gasteiger partial charge in [-0.05, 0) is 6.42 Å². The molecule has 0 aliphatic carbocycles. The molecule has 0 saturated carbocycles. The topological polar surface area (TPSA) is 26.0 Å². The van der Waals surface area contributed by atoms with Crippen LogP contribution in [0.5, 0.6) is 0 Å². The first-order valence-corrected chi connectivity index (χ1v) is 4.49. The van der Waals surface area contributed by atoms with Crippen LogP contribution in [0.1, 0.15) is 26.2 Å². The maximum atomic E-state index is 12.1. The zero-order chi connectivity index (χ0) is 12.3. The van der Waals surface area contributed by atoms with Crippen LogP contribution in [-0.4, -0.2) is 18.4 Å². The van der Waals surface area contributed by atoms with Gasteiger partial charge >= 0.3 is 12.4 Å². The molecule has 0 saturated heterocycles. The van der Waals surface area contributed by atoms with Gasteiger partial charge in [0.1, 0.15) is 0 Å². The van der Waals surface area contributed by atoms with E-state index in [4.69, 9.17) is 5.73 Å². The second kappa shape index (κ2) is 5.05. The Morgan fingerprint density at radius 1 is 1.00 bits per heavy atom. The first-order chi connectivity index (χ1) is 6.60. The summed E-state index contributed by atoms with van der Waals surface area (Å²) < 4.78 is 72.6. The van der Waals surface area contributed by atoms with Crippen molar-refractivity contribution < 1.29 is 26.3 Å². The van der Waals surface area contributed by atoms with Gasteiger partial charge in [0, 0.05) is 6.04 Å². The number of hydrogen-bond acceptors (Lipinski definition) is 1. The Balaban J connectivity index is 4.65. The minimum absolute atomic E-state index is 0.254. The number of hydrogen-bond donors (Lipinski definition) is 1. The van der Waals surface area contributed by atoms with Gasteiger partial charge < -0.3 is 5.73 Å². The van der Waals surface area contributed by atoms with Gasteiger partial charge in [-0.15, -0.1) is 0 Å². The van der Waals surface area contributed by atoms with Gasteiger partial charge in [0.15, 0.2) is 5.92 Å². The zero-order valence-corrected chi connectivity index (χ0v) is 8.12. The fourth-order valence-corrected chi connectivity index (χ4v) is 1.28. The first-order valence-electron chi connectivity index (χ1n) is 4.49. The van der Waals surface area contributed by atoms with Crippen molar-refractivity contribution in [2.75, 3.05) is 0 Å². The van der Waals surface area contributed by atoms with Crippen LogP contribution in [0.15, 0.2) is 0 Å². The van der Waals surface area contributed by atoms with Crippen LogP contribution < -0.4 is 5.73 Å². The third-order valence-electron chi connectivity index (χ3n) is 2.02. The molecule has 2 N–H and O–H groups in total. The van der Waals surface area contributed by atoms with Gasteiger partial charge in [-0.1, -0.05) is 19.8 Å². The number of alkyl halides is 6. The van der Waals surface area contributed by atoms with Crippen LogP contribution in [0, 0.1) is 5.92 Å². The molecule has 0 aliphatic heterocycles. The van der Waals surface area contributed by atoms with Crippen LogP contribution >= 0.6 is 0 Å². The van der Waals surface area contributed by atoms with Gasteiger partial charge in [0.25, 0.3) is 0 Å². The Bertz CT molecular complexity index is 171. The van der Waals surface area contributed by atoms with Crippen molar-refractivity contribution in [3.05, 3.63) is 0 Å². The largest absolute Gasteiger partial charge is 0.401 e. The minimum Gasteiger partial charge on any atom is -0.327 e. The van der Waals surface area contributed by atoms with E-state index >= 15 is 0 Å². The summed E-state index contributed by atoms with van der Waals surface area (Å²) >= 11 is 0. The van der Waals surface area contributed by atoms with E-state index in [9.17, 15) is 26.3 Å². The Labute approximate surface area is 83.6 Å². The summed E-state index contributed by atoms with van der Waals surface area (Å²) in [6, 6.07) is -1.91. The van der Waals surface area contributed by atoms with Crippen molar-refractivity contribution in [3.63, 3.8) is 0 Å². The van der Waals surface area contributed by atoms with E-state index in [0.29, 0.717) is 6.42 Å². The van der Waals surface area contributed by atoms with E-state index in [-0.39, 0.29) is 12.8 Å². The fourth-order valence-electron chi connectivity index (χ4n) is 1.28. The Morgan fingerprint density at radius 3 is 1.67 bits per heavy atom. The second-order valence-corrected chi connectivity index (χ2v) is 3.37. The molecule has 15 heavy (non-hydrogen) atoms. The lowest BCUT2D eigenvalue weighted by molar-refractivity contribution is -0.289. The molecule has 0 radical (unpaired) electrons. The van der Waals surface area contributed by atoms with Gasteiger partial charge in [0.2, 0.25) is 0 Å². The number of rotatable bonds is 4. The quantitative estimate of drug-likeness (QED) is 0.746. The molecule has 0 aromatic carbocycles. The van der Waals surface area contributed by atoms with E-state index in [1.54, 1.807) is 6.92 Å². The highest BCUT2D eigenvalue weighted by Crippen LogP contribution is 2.41. The van der Waals surface area contributed by atoms with Crippen molar-refractivity contribution in [1.82, 2.24) is 0 Å². The van der Waals surface area contributed by atoms with Gasteiger partial charge in [0.05, 0.1) is 0 Å². The third kappa shape index (κ3) is 4.72. The Hall–Kier alpha value is -0.460. The van der Waals surface area contributed by atoms with Gasteiger partial charge in [-0.3, -0.25) is 0 Å². The Morgan fingerprint density at radius 2 is 1.40 bits per heavy atom. The van der Waals surface area contributed by atoms with Crippen LogP contribution in [-0.2, 0) is 0 Å². The lowest BCUT2D eigenvalue weighted by Gasteiger charge is -2.28. The summed E-state index contributed by atoms with van der Waals surface area (Å²) in [5.74, 6) is -3.42. The van der Waals surface area contributed by atoms with Crippen molar-refractivity contribution >= 4 is 0 Å². The van der Waals surface area contributed by atoms with Crippen molar-refractivity contribution in [1.29, 1.82) is 0 Å². The van der Waals surface area contributed by atoms with Crippen LogP contribution in [0.3, 0.4) is 0 Å². The number of halogens is 6. The monoisotopic (exact) mass is 237 g/mol. The summed E-state index contributed by atoms with van der Waals surface area (Å²) in [5.41, 5.74) is 4.94. The molecule has 0 aromatic heterocycles. The van der Waals surface area contributed by atoms with E-state index in [0.717, 1.165) is 0 Å². The predicted molar refractivity (Wildman–Crippen MR) is 43.1 cm³/mol. The molecule has 0 bridgehead atoms. The average molecular weight is 237 g/mol. The molecule has 0 fully saturated rings. The molecule has 1 nitrogen and oxygen atoms in total. The van der Waals surface area contributed by atoms with Gasteiger partial charge in [-0.25, -0.2) is 0 Å². The highest BCUT2D eigenvalue weighted by atomic mass is 19.4. The van der Waals surface area contributed by atoms with Crippen molar-refractivity contribution in [3.8, 4) is 0 Å². The van der Waals surface area contributed by atoms with Crippen molar-refractivity contribution in [2.45, 2.75) is 44.6 Å². The molecule has 0 heterocycles. The molecule has 0 aromatic rings. The van der Waals surface area contributed by atoms with E-state index in [1.807, 2.05) is 0 Å². The summed E-state index contributed by atoms with van der Waals surface area (Å²) in [6.45, 7) is 1.67. The van der Waals surface area contributed by atoms with Crippen LogP contribution in [0.4, 0.5) is 26.3 Å². The SMILES string of the molecule is CCCCC(N)C(C(F)(F)F)C(F)(F)F. The average Bonchev–Trinajstić information content (AvgIpc) is 1.94. The molecule has 1 atom stereocenters. The molecule has 0 aliphatic rings. The first kappa shape index (κ1) is 14.5. The molecule has 0 spiro atoms. The third-order valence-corrected chi connectivity index (χ3v) is 2.02.